The van der Waals surface area contributed by atoms with E-state index in [1.165, 1.54) is 12.8 Å². The van der Waals surface area contributed by atoms with E-state index in [2.05, 4.69) is 15.5 Å². The Morgan fingerprint density at radius 1 is 1.39 bits per heavy atom. The Kier molecular flexibility index (Phi) is 3.52. The molecule has 2 aromatic heterocycles. The van der Waals surface area contributed by atoms with Gasteiger partial charge < -0.3 is 10.1 Å². The number of rotatable bonds is 4. The fourth-order valence-electron chi connectivity index (χ4n) is 2.37. The zero-order valence-electron chi connectivity index (χ0n) is 10.4. The van der Waals surface area contributed by atoms with Crippen molar-refractivity contribution in [3.63, 3.8) is 0 Å². The molecule has 0 aromatic carbocycles. The number of nitrogens with zero attached hydrogens (tertiary/aromatic N) is 3. The molecule has 1 aliphatic heterocycles. The lowest BCUT2D eigenvalue weighted by atomic mass is 10.0. The van der Waals surface area contributed by atoms with E-state index in [4.69, 9.17) is 4.74 Å². The third-order valence-electron chi connectivity index (χ3n) is 3.36. The lowest BCUT2D eigenvalue weighted by molar-refractivity contribution is 0.0547. The molecule has 0 amide bonds. The minimum absolute atomic E-state index is 0.637. The molecule has 0 radical (unpaired) electrons. The van der Waals surface area contributed by atoms with Gasteiger partial charge in [0.2, 0.25) is 0 Å². The normalized spacial score (nSPS) is 20.3. The number of hydrogen-bond acceptors (Lipinski definition) is 4. The minimum atomic E-state index is 0.637. The van der Waals surface area contributed by atoms with Crippen molar-refractivity contribution >= 4 is 5.65 Å². The van der Waals surface area contributed by atoms with Crippen LogP contribution in [0.2, 0.25) is 0 Å². The second-order valence-corrected chi connectivity index (χ2v) is 4.76. The highest BCUT2D eigenvalue weighted by Crippen LogP contribution is 2.12. The quantitative estimate of drug-likeness (QED) is 0.882. The highest BCUT2D eigenvalue weighted by molar-refractivity contribution is 5.36. The van der Waals surface area contributed by atoms with E-state index in [0.29, 0.717) is 5.92 Å². The number of aromatic nitrogens is 3. The molecule has 0 saturated carbocycles. The Bertz CT molecular complexity index is 504. The average molecular weight is 246 g/mol. The van der Waals surface area contributed by atoms with Gasteiger partial charge in [-0.15, -0.1) is 10.2 Å². The van der Waals surface area contributed by atoms with Crippen LogP contribution >= 0.6 is 0 Å². The SMILES string of the molecule is c1ccn2c(CNCC3CCCOC3)nnc2c1. The number of fused-ring (bicyclic) bond motifs is 1. The van der Waals surface area contributed by atoms with Crippen molar-refractivity contribution in [2.45, 2.75) is 19.4 Å². The summed E-state index contributed by atoms with van der Waals surface area (Å²) in [6.45, 7) is 3.54. The molecule has 1 atom stereocenters. The van der Waals surface area contributed by atoms with Gasteiger partial charge in [-0.3, -0.25) is 4.40 Å². The van der Waals surface area contributed by atoms with Gasteiger partial charge >= 0.3 is 0 Å². The highest BCUT2D eigenvalue weighted by Gasteiger charge is 2.13. The molecule has 3 heterocycles. The molecule has 1 aliphatic rings. The molecule has 0 bridgehead atoms. The maximum absolute atomic E-state index is 5.47. The second-order valence-electron chi connectivity index (χ2n) is 4.76. The van der Waals surface area contributed by atoms with Gasteiger partial charge in [0.25, 0.3) is 0 Å². The zero-order valence-corrected chi connectivity index (χ0v) is 10.4. The molecule has 1 fully saturated rings. The van der Waals surface area contributed by atoms with Crippen molar-refractivity contribution in [3.8, 4) is 0 Å². The van der Waals surface area contributed by atoms with Gasteiger partial charge in [0, 0.05) is 19.3 Å². The number of hydrogen-bond donors (Lipinski definition) is 1. The zero-order chi connectivity index (χ0) is 12.2. The van der Waals surface area contributed by atoms with E-state index in [-0.39, 0.29) is 0 Å². The summed E-state index contributed by atoms with van der Waals surface area (Å²) in [7, 11) is 0. The Hall–Kier alpha value is -1.46. The molecule has 5 heteroatoms. The maximum atomic E-state index is 5.47. The smallest absolute Gasteiger partial charge is 0.160 e. The van der Waals surface area contributed by atoms with Crippen LogP contribution in [0.4, 0.5) is 0 Å². The summed E-state index contributed by atoms with van der Waals surface area (Å²) < 4.78 is 7.49. The van der Waals surface area contributed by atoms with Crippen molar-refractivity contribution in [2.24, 2.45) is 5.92 Å². The van der Waals surface area contributed by atoms with Crippen LogP contribution in [0, 0.1) is 5.92 Å². The summed E-state index contributed by atoms with van der Waals surface area (Å²) in [5.41, 5.74) is 0.898. The molecule has 1 unspecified atom stereocenters. The van der Waals surface area contributed by atoms with Crippen LogP contribution in [-0.2, 0) is 11.3 Å². The summed E-state index contributed by atoms with van der Waals surface area (Å²) >= 11 is 0. The van der Waals surface area contributed by atoms with E-state index in [9.17, 15) is 0 Å². The lowest BCUT2D eigenvalue weighted by Crippen LogP contribution is -2.29. The first-order valence-electron chi connectivity index (χ1n) is 6.50. The molecule has 0 spiro atoms. The topological polar surface area (TPSA) is 51.5 Å². The van der Waals surface area contributed by atoms with Crippen LogP contribution in [0.1, 0.15) is 18.7 Å². The summed E-state index contributed by atoms with van der Waals surface area (Å²) in [5.74, 6) is 1.60. The first-order valence-corrected chi connectivity index (χ1v) is 6.50. The van der Waals surface area contributed by atoms with Crippen molar-refractivity contribution in [1.29, 1.82) is 0 Å². The van der Waals surface area contributed by atoms with Crippen molar-refractivity contribution < 1.29 is 4.74 Å². The van der Waals surface area contributed by atoms with Crippen molar-refractivity contribution in [1.82, 2.24) is 19.9 Å². The van der Waals surface area contributed by atoms with Crippen LogP contribution < -0.4 is 5.32 Å². The van der Waals surface area contributed by atoms with E-state index in [0.717, 1.165) is 37.8 Å². The van der Waals surface area contributed by atoms with Gasteiger partial charge in [-0.1, -0.05) is 6.07 Å². The summed E-state index contributed by atoms with van der Waals surface area (Å²) in [6, 6.07) is 5.93. The Morgan fingerprint density at radius 3 is 3.28 bits per heavy atom. The average Bonchev–Trinajstić information content (AvgIpc) is 2.84. The van der Waals surface area contributed by atoms with Gasteiger partial charge in [0.05, 0.1) is 13.2 Å². The molecule has 1 N–H and O–H groups in total. The molecule has 96 valence electrons. The molecule has 5 nitrogen and oxygen atoms in total. The highest BCUT2D eigenvalue weighted by atomic mass is 16.5. The number of ether oxygens (including phenoxy) is 1. The van der Waals surface area contributed by atoms with Crippen LogP contribution in [0.3, 0.4) is 0 Å². The largest absolute Gasteiger partial charge is 0.381 e. The van der Waals surface area contributed by atoms with E-state index >= 15 is 0 Å². The molecule has 2 aromatic rings. The van der Waals surface area contributed by atoms with Crippen molar-refractivity contribution in [3.05, 3.63) is 30.2 Å². The second kappa shape index (κ2) is 5.46. The van der Waals surface area contributed by atoms with Gasteiger partial charge in [0.15, 0.2) is 11.5 Å². The van der Waals surface area contributed by atoms with Crippen LogP contribution in [0.5, 0.6) is 0 Å². The van der Waals surface area contributed by atoms with Crippen LogP contribution in [0.15, 0.2) is 24.4 Å². The Balaban J connectivity index is 1.56. The molecule has 0 aliphatic carbocycles. The first kappa shape index (κ1) is 11.6. The third-order valence-corrected chi connectivity index (χ3v) is 3.36. The molecular formula is C13H18N4O. The van der Waals surface area contributed by atoms with Crippen molar-refractivity contribution in [2.75, 3.05) is 19.8 Å². The Labute approximate surface area is 106 Å². The van der Waals surface area contributed by atoms with Crippen LogP contribution in [-0.4, -0.2) is 34.4 Å². The van der Waals surface area contributed by atoms with Gasteiger partial charge in [-0.2, -0.15) is 0 Å². The van der Waals surface area contributed by atoms with E-state index in [1.807, 2.05) is 28.8 Å². The number of nitrogens with one attached hydrogen (secondary N) is 1. The third kappa shape index (κ3) is 2.52. The molecule has 1 saturated heterocycles. The molecule has 3 rings (SSSR count). The fourth-order valence-corrected chi connectivity index (χ4v) is 2.37. The molecule has 18 heavy (non-hydrogen) atoms. The summed E-state index contributed by atoms with van der Waals surface area (Å²) in [6.07, 6.45) is 4.43. The van der Waals surface area contributed by atoms with Gasteiger partial charge in [-0.25, -0.2) is 0 Å². The monoisotopic (exact) mass is 246 g/mol. The van der Waals surface area contributed by atoms with Gasteiger partial charge in [0.1, 0.15) is 0 Å². The van der Waals surface area contributed by atoms with Gasteiger partial charge in [-0.05, 0) is 30.9 Å². The maximum Gasteiger partial charge on any atom is 0.160 e. The first-order chi connectivity index (χ1) is 8.93. The molecular weight excluding hydrogens is 228 g/mol. The predicted molar refractivity (Wildman–Crippen MR) is 68.2 cm³/mol. The number of pyridine rings is 1. The van der Waals surface area contributed by atoms with E-state index in [1.54, 1.807) is 0 Å². The summed E-state index contributed by atoms with van der Waals surface area (Å²) in [5, 5.41) is 11.8. The minimum Gasteiger partial charge on any atom is -0.381 e. The van der Waals surface area contributed by atoms with E-state index < -0.39 is 0 Å². The summed E-state index contributed by atoms with van der Waals surface area (Å²) in [4.78, 5) is 0. The van der Waals surface area contributed by atoms with Crippen LogP contribution in [0.25, 0.3) is 5.65 Å². The Morgan fingerprint density at radius 2 is 2.39 bits per heavy atom. The predicted octanol–water partition coefficient (Wildman–Crippen LogP) is 1.25. The standard InChI is InChI=1S/C13H18N4O/c1-2-6-17-12(5-1)15-16-13(17)9-14-8-11-4-3-7-18-10-11/h1-2,5-6,11,14H,3-4,7-10H2. The fraction of sp³-hybridized carbons (Fsp3) is 0.538. The lowest BCUT2D eigenvalue weighted by Gasteiger charge is -2.22.